The van der Waals surface area contributed by atoms with E-state index in [4.69, 9.17) is 0 Å². The number of imidazole rings is 1. The summed E-state index contributed by atoms with van der Waals surface area (Å²) in [5.74, 6) is -0.207. The summed E-state index contributed by atoms with van der Waals surface area (Å²) in [6, 6.07) is 22.6. The third-order valence-corrected chi connectivity index (χ3v) is 5.58. The molecule has 0 aliphatic carbocycles. The summed E-state index contributed by atoms with van der Waals surface area (Å²) in [7, 11) is -3.20. The van der Waals surface area contributed by atoms with Crippen molar-refractivity contribution >= 4 is 32.7 Å². The van der Waals surface area contributed by atoms with Crippen molar-refractivity contribution in [2.24, 2.45) is 0 Å². The lowest BCUT2D eigenvalue weighted by molar-refractivity contribution is 0.102. The van der Waals surface area contributed by atoms with Gasteiger partial charge in [-0.05, 0) is 60.5 Å². The number of carbonyl (C=O) groups excluding carboxylic acids is 1. The van der Waals surface area contributed by atoms with Crippen LogP contribution in [-0.4, -0.2) is 36.7 Å². The van der Waals surface area contributed by atoms with Gasteiger partial charge in [0.15, 0.2) is 0 Å². The van der Waals surface area contributed by atoms with E-state index in [1.807, 2.05) is 65.2 Å². The summed E-state index contributed by atoms with van der Waals surface area (Å²) in [5, 5.41) is 2.89. The smallest absolute Gasteiger partial charge is 0.255 e. The number of carbonyl (C=O) groups is 1. The van der Waals surface area contributed by atoms with Crippen LogP contribution < -0.4 is 10.0 Å². The minimum atomic E-state index is -3.20. The topological polar surface area (TPSA) is 93.1 Å². The molecule has 3 aromatic carbocycles. The van der Waals surface area contributed by atoms with E-state index in [1.165, 1.54) is 0 Å². The summed E-state index contributed by atoms with van der Waals surface area (Å²) < 4.78 is 26.7. The first-order valence-corrected chi connectivity index (χ1v) is 11.7. The van der Waals surface area contributed by atoms with E-state index in [0.717, 1.165) is 28.5 Å². The molecule has 0 unspecified atom stereocenters. The number of nitrogens with one attached hydrogen (secondary N) is 2. The minimum Gasteiger partial charge on any atom is -0.322 e. The fraction of sp³-hybridized carbons (Fsp3) is 0.130. The van der Waals surface area contributed by atoms with E-state index >= 15 is 0 Å². The van der Waals surface area contributed by atoms with Gasteiger partial charge in [0.1, 0.15) is 6.33 Å². The Kier molecular flexibility index (Phi) is 5.83. The summed E-state index contributed by atoms with van der Waals surface area (Å²) in [5.41, 5.74) is 5.08. The largest absolute Gasteiger partial charge is 0.322 e. The number of para-hydroxylation sites is 2. The predicted octanol–water partition coefficient (Wildman–Crippen LogP) is 3.37. The molecule has 1 aromatic heterocycles. The molecule has 1 amide bonds. The van der Waals surface area contributed by atoms with Crippen LogP contribution in [0, 0.1) is 0 Å². The molecule has 0 saturated carbocycles. The van der Waals surface area contributed by atoms with Gasteiger partial charge in [-0.25, -0.2) is 18.1 Å². The second-order valence-corrected chi connectivity index (χ2v) is 9.05. The number of anilines is 1. The van der Waals surface area contributed by atoms with Crippen LogP contribution in [0.4, 0.5) is 5.69 Å². The van der Waals surface area contributed by atoms with Gasteiger partial charge in [0, 0.05) is 23.5 Å². The molecule has 2 N–H and O–H groups in total. The Morgan fingerprint density at radius 2 is 1.68 bits per heavy atom. The van der Waals surface area contributed by atoms with E-state index in [9.17, 15) is 13.2 Å². The molecule has 0 fully saturated rings. The van der Waals surface area contributed by atoms with Crippen molar-refractivity contribution in [1.29, 1.82) is 0 Å². The molecule has 0 radical (unpaired) electrons. The molecule has 158 valence electrons. The Bertz CT molecular complexity index is 1310. The van der Waals surface area contributed by atoms with E-state index in [2.05, 4.69) is 15.0 Å². The summed E-state index contributed by atoms with van der Waals surface area (Å²) >= 11 is 0. The molecule has 0 saturated heterocycles. The second-order valence-electron chi connectivity index (χ2n) is 7.22. The maximum Gasteiger partial charge on any atom is 0.255 e. The van der Waals surface area contributed by atoms with E-state index in [-0.39, 0.29) is 5.91 Å². The van der Waals surface area contributed by atoms with E-state index < -0.39 is 10.0 Å². The fourth-order valence-corrected chi connectivity index (χ4v) is 3.75. The molecule has 0 atom stereocenters. The van der Waals surface area contributed by atoms with Crippen molar-refractivity contribution in [2.75, 3.05) is 18.1 Å². The maximum absolute atomic E-state index is 12.5. The van der Waals surface area contributed by atoms with Gasteiger partial charge in [-0.1, -0.05) is 24.3 Å². The number of nitrogens with zero attached hydrogens (tertiary/aromatic N) is 2. The first-order valence-electron chi connectivity index (χ1n) is 9.76. The Morgan fingerprint density at radius 3 is 2.39 bits per heavy atom. The van der Waals surface area contributed by atoms with Crippen LogP contribution in [0.3, 0.4) is 0 Å². The number of aromatic nitrogens is 2. The molecule has 0 bridgehead atoms. The van der Waals surface area contributed by atoms with Crippen molar-refractivity contribution in [3.05, 3.63) is 90.3 Å². The zero-order valence-corrected chi connectivity index (χ0v) is 17.8. The van der Waals surface area contributed by atoms with Crippen LogP contribution in [0.25, 0.3) is 16.7 Å². The molecule has 0 spiro atoms. The molecule has 0 aliphatic heterocycles. The standard InChI is InChI=1S/C23H22N4O3S/c1-31(29,30)25-15-14-17-6-8-18(9-7-17)23(28)26-19-10-12-20(13-11-19)27-16-24-21-4-2-3-5-22(21)27/h2-13,16,25H,14-15H2,1H3,(H,26,28). The lowest BCUT2D eigenvalue weighted by Gasteiger charge is -2.09. The minimum absolute atomic E-state index is 0.207. The highest BCUT2D eigenvalue weighted by Gasteiger charge is 2.08. The Balaban J connectivity index is 1.39. The second kappa shape index (κ2) is 8.71. The number of benzene rings is 3. The van der Waals surface area contributed by atoms with Crippen LogP contribution in [-0.2, 0) is 16.4 Å². The first-order chi connectivity index (χ1) is 14.9. The molecular weight excluding hydrogens is 412 g/mol. The highest BCUT2D eigenvalue weighted by atomic mass is 32.2. The van der Waals surface area contributed by atoms with Crippen LogP contribution in [0.5, 0.6) is 0 Å². The van der Waals surface area contributed by atoms with Crippen molar-refractivity contribution in [1.82, 2.24) is 14.3 Å². The van der Waals surface area contributed by atoms with E-state index in [1.54, 1.807) is 18.5 Å². The van der Waals surface area contributed by atoms with Gasteiger partial charge < -0.3 is 5.32 Å². The quantitative estimate of drug-likeness (QED) is 0.466. The van der Waals surface area contributed by atoms with Crippen molar-refractivity contribution < 1.29 is 13.2 Å². The van der Waals surface area contributed by atoms with Gasteiger partial charge in [-0.2, -0.15) is 0 Å². The van der Waals surface area contributed by atoms with Gasteiger partial charge in [-0.15, -0.1) is 0 Å². The van der Waals surface area contributed by atoms with Gasteiger partial charge >= 0.3 is 0 Å². The molecule has 4 rings (SSSR count). The molecule has 4 aromatic rings. The molecule has 7 nitrogen and oxygen atoms in total. The number of hydrogen-bond acceptors (Lipinski definition) is 4. The van der Waals surface area contributed by atoms with Crippen molar-refractivity contribution in [3.63, 3.8) is 0 Å². The van der Waals surface area contributed by atoms with Crippen LogP contribution in [0.2, 0.25) is 0 Å². The zero-order valence-electron chi connectivity index (χ0n) is 16.9. The lowest BCUT2D eigenvalue weighted by Crippen LogP contribution is -2.24. The fourth-order valence-electron chi connectivity index (χ4n) is 3.28. The normalized spacial score (nSPS) is 11.5. The SMILES string of the molecule is CS(=O)(=O)NCCc1ccc(C(=O)Nc2ccc(-n3cnc4ccccc43)cc2)cc1. The number of amides is 1. The molecular formula is C23H22N4O3S. The zero-order chi connectivity index (χ0) is 21.8. The average Bonchev–Trinajstić information content (AvgIpc) is 3.18. The highest BCUT2D eigenvalue weighted by Crippen LogP contribution is 2.20. The number of rotatable bonds is 7. The van der Waals surface area contributed by atoms with Crippen LogP contribution >= 0.6 is 0 Å². The average molecular weight is 435 g/mol. The van der Waals surface area contributed by atoms with Crippen molar-refractivity contribution in [3.8, 4) is 5.69 Å². The summed E-state index contributed by atoms with van der Waals surface area (Å²) in [4.78, 5) is 16.9. The molecule has 0 aliphatic rings. The Morgan fingerprint density at radius 1 is 0.968 bits per heavy atom. The number of fused-ring (bicyclic) bond motifs is 1. The number of sulfonamides is 1. The van der Waals surface area contributed by atoms with Crippen molar-refractivity contribution in [2.45, 2.75) is 6.42 Å². The first kappa shape index (κ1) is 20.8. The van der Waals surface area contributed by atoms with Gasteiger partial charge in [0.25, 0.3) is 5.91 Å². The lowest BCUT2D eigenvalue weighted by atomic mass is 10.1. The monoisotopic (exact) mass is 434 g/mol. The van der Waals surface area contributed by atoms with Gasteiger partial charge in [-0.3, -0.25) is 9.36 Å². The van der Waals surface area contributed by atoms with E-state index in [0.29, 0.717) is 24.2 Å². The molecule has 8 heteroatoms. The maximum atomic E-state index is 12.5. The molecule has 1 heterocycles. The Hall–Kier alpha value is -3.49. The third-order valence-electron chi connectivity index (χ3n) is 4.85. The Labute approximate surface area is 180 Å². The van der Waals surface area contributed by atoms with Gasteiger partial charge in [0.05, 0.1) is 17.3 Å². The summed E-state index contributed by atoms with van der Waals surface area (Å²) in [6.45, 7) is 0.322. The number of hydrogen-bond donors (Lipinski definition) is 2. The molecule has 31 heavy (non-hydrogen) atoms. The predicted molar refractivity (Wildman–Crippen MR) is 122 cm³/mol. The van der Waals surface area contributed by atoms with Crippen LogP contribution in [0.1, 0.15) is 15.9 Å². The third kappa shape index (κ3) is 5.17. The van der Waals surface area contributed by atoms with Crippen LogP contribution in [0.15, 0.2) is 79.1 Å². The highest BCUT2D eigenvalue weighted by molar-refractivity contribution is 7.88. The summed E-state index contributed by atoms with van der Waals surface area (Å²) in [6.07, 6.45) is 3.47. The van der Waals surface area contributed by atoms with Gasteiger partial charge in [0.2, 0.25) is 10.0 Å².